The minimum absolute atomic E-state index is 0.710. The van der Waals surface area contributed by atoms with Crippen LogP contribution in [0.1, 0.15) is 6.42 Å². The molecule has 0 atom stereocenters. The van der Waals surface area contributed by atoms with E-state index in [9.17, 15) is 0 Å². The molecule has 0 aliphatic rings. The lowest BCUT2D eigenvalue weighted by Crippen LogP contribution is -2.07. The van der Waals surface area contributed by atoms with Crippen LogP contribution in [0, 0.1) is 0 Å². The van der Waals surface area contributed by atoms with E-state index in [2.05, 4.69) is 30.9 Å². The van der Waals surface area contributed by atoms with Gasteiger partial charge in [0.2, 0.25) is 0 Å². The molecule has 0 aliphatic heterocycles. The monoisotopic (exact) mass is 343 g/mol. The summed E-state index contributed by atoms with van der Waals surface area (Å²) in [6, 6.07) is 16.1. The molecule has 26 heavy (non-hydrogen) atoms. The smallest absolute Gasteiger partial charge is 0.196 e. The van der Waals surface area contributed by atoms with Gasteiger partial charge in [-0.1, -0.05) is 24.3 Å². The lowest BCUT2D eigenvalue weighted by molar-refractivity contribution is 0.660. The van der Waals surface area contributed by atoms with Crippen molar-refractivity contribution in [2.24, 2.45) is 0 Å². The molecule has 5 aromatic rings. The predicted molar refractivity (Wildman–Crippen MR) is 102 cm³/mol. The van der Waals surface area contributed by atoms with E-state index in [1.54, 1.807) is 6.33 Å². The third-order valence-corrected chi connectivity index (χ3v) is 4.55. The van der Waals surface area contributed by atoms with Gasteiger partial charge in [-0.2, -0.15) is 0 Å². The normalized spacial score (nSPS) is 11.5. The zero-order valence-electron chi connectivity index (χ0n) is 14.1. The molecule has 0 saturated carbocycles. The highest BCUT2D eigenvalue weighted by molar-refractivity contribution is 6.05. The first-order valence-corrected chi connectivity index (χ1v) is 8.66. The molecule has 6 heteroatoms. The number of para-hydroxylation sites is 3. The molecule has 0 radical (unpaired) electrons. The Labute approximate surface area is 149 Å². The van der Waals surface area contributed by atoms with Gasteiger partial charge >= 0.3 is 0 Å². The molecule has 0 aliphatic carbocycles. The van der Waals surface area contributed by atoms with Crippen LogP contribution in [-0.4, -0.2) is 26.1 Å². The van der Waals surface area contributed by atoms with Gasteiger partial charge in [0.05, 0.1) is 17.4 Å². The van der Waals surface area contributed by atoms with Crippen molar-refractivity contribution in [2.45, 2.75) is 13.0 Å². The summed E-state index contributed by atoms with van der Waals surface area (Å²) in [4.78, 5) is 13.2. The van der Waals surface area contributed by atoms with Gasteiger partial charge in [0.1, 0.15) is 17.4 Å². The highest BCUT2D eigenvalue weighted by Crippen LogP contribution is 2.30. The Morgan fingerprint density at radius 1 is 0.962 bits per heavy atom. The first-order chi connectivity index (χ1) is 12.9. The predicted octanol–water partition coefficient (Wildman–Crippen LogP) is 4.23. The molecule has 6 nitrogen and oxygen atoms in total. The van der Waals surface area contributed by atoms with Crippen molar-refractivity contribution >= 4 is 38.9 Å². The fraction of sp³-hybridized carbons (Fsp3) is 0.150. The SMILES string of the molecule is c1ccc2c(c1)ncn2CCCNc1ncnc2c1oc1ccccc12. The van der Waals surface area contributed by atoms with Crippen LogP contribution in [0.2, 0.25) is 0 Å². The Morgan fingerprint density at radius 2 is 1.85 bits per heavy atom. The summed E-state index contributed by atoms with van der Waals surface area (Å²) in [6.45, 7) is 1.68. The van der Waals surface area contributed by atoms with E-state index in [-0.39, 0.29) is 0 Å². The lowest BCUT2D eigenvalue weighted by Gasteiger charge is -2.07. The van der Waals surface area contributed by atoms with Crippen LogP contribution >= 0.6 is 0 Å². The zero-order chi connectivity index (χ0) is 17.3. The number of nitrogens with one attached hydrogen (secondary N) is 1. The number of rotatable bonds is 5. The standard InChI is InChI=1S/C20H17N5O/c1-4-9-17-14(6-1)18-19(26-17)20(23-12-22-18)21-10-5-11-25-13-24-15-7-2-3-8-16(15)25/h1-4,6-9,12-13H,5,10-11H2,(H,21,22,23). The van der Waals surface area contributed by atoms with Gasteiger partial charge < -0.3 is 14.3 Å². The van der Waals surface area contributed by atoms with Gasteiger partial charge in [0, 0.05) is 18.5 Å². The average molecular weight is 343 g/mol. The summed E-state index contributed by atoms with van der Waals surface area (Å²) in [6.07, 6.45) is 4.43. The molecule has 0 bridgehead atoms. The number of furan rings is 1. The molecular formula is C20H17N5O. The van der Waals surface area contributed by atoms with E-state index in [1.165, 1.54) is 0 Å². The summed E-state index contributed by atoms with van der Waals surface area (Å²) in [7, 11) is 0. The second-order valence-electron chi connectivity index (χ2n) is 6.21. The quantitative estimate of drug-likeness (QED) is 0.484. The first kappa shape index (κ1) is 14.9. The molecule has 3 aromatic heterocycles. The average Bonchev–Trinajstić information content (AvgIpc) is 3.27. The first-order valence-electron chi connectivity index (χ1n) is 8.66. The van der Waals surface area contributed by atoms with Crippen molar-refractivity contribution in [3.05, 3.63) is 61.2 Å². The molecule has 0 amide bonds. The molecule has 0 saturated heterocycles. The maximum atomic E-state index is 5.94. The topological polar surface area (TPSA) is 68.8 Å². The zero-order valence-corrected chi connectivity index (χ0v) is 14.1. The Morgan fingerprint density at radius 3 is 2.85 bits per heavy atom. The van der Waals surface area contributed by atoms with Crippen molar-refractivity contribution in [1.82, 2.24) is 19.5 Å². The third-order valence-electron chi connectivity index (χ3n) is 4.55. The van der Waals surface area contributed by atoms with Crippen molar-refractivity contribution < 1.29 is 4.42 Å². The van der Waals surface area contributed by atoms with Crippen molar-refractivity contribution in [1.29, 1.82) is 0 Å². The largest absolute Gasteiger partial charge is 0.450 e. The molecule has 0 unspecified atom stereocenters. The van der Waals surface area contributed by atoms with E-state index in [1.807, 2.05) is 48.8 Å². The van der Waals surface area contributed by atoms with Gasteiger partial charge in [-0.15, -0.1) is 0 Å². The number of hydrogen-bond acceptors (Lipinski definition) is 5. The Hall–Kier alpha value is -3.41. The minimum Gasteiger partial charge on any atom is -0.450 e. The number of fused-ring (bicyclic) bond motifs is 4. The molecule has 0 spiro atoms. The maximum Gasteiger partial charge on any atom is 0.196 e. The summed E-state index contributed by atoms with van der Waals surface area (Å²) >= 11 is 0. The Bertz CT molecular complexity index is 1210. The fourth-order valence-corrected chi connectivity index (χ4v) is 3.29. The highest BCUT2D eigenvalue weighted by atomic mass is 16.3. The molecule has 1 N–H and O–H groups in total. The number of hydrogen-bond donors (Lipinski definition) is 1. The fourth-order valence-electron chi connectivity index (χ4n) is 3.29. The van der Waals surface area contributed by atoms with Crippen molar-refractivity contribution in [2.75, 3.05) is 11.9 Å². The number of aryl methyl sites for hydroxylation is 1. The lowest BCUT2D eigenvalue weighted by atomic mass is 10.2. The van der Waals surface area contributed by atoms with Crippen LogP contribution in [0.5, 0.6) is 0 Å². The summed E-state index contributed by atoms with van der Waals surface area (Å²) in [5.74, 6) is 0.738. The van der Waals surface area contributed by atoms with E-state index in [0.29, 0.717) is 5.58 Å². The maximum absolute atomic E-state index is 5.94. The number of aromatic nitrogens is 4. The van der Waals surface area contributed by atoms with E-state index >= 15 is 0 Å². The van der Waals surface area contributed by atoms with E-state index in [4.69, 9.17) is 4.42 Å². The number of benzene rings is 2. The van der Waals surface area contributed by atoms with E-state index in [0.717, 1.165) is 52.8 Å². The summed E-state index contributed by atoms with van der Waals surface area (Å²) in [5, 5.41) is 4.39. The van der Waals surface area contributed by atoms with Crippen LogP contribution < -0.4 is 5.32 Å². The molecule has 0 fully saturated rings. The Balaban J connectivity index is 1.32. The molecule has 5 rings (SSSR count). The van der Waals surface area contributed by atoms with E-state index < -0.39 is 0 Å². The molecule has 2 aromatic carbocycles. The van der Waals surface area contributed by atoms with Crippen LogP contribution in [0.25, 0.3) is 33.1 Å². The minimum atomic E-state index is 0.710. The highest BCUT2D eigenvalue weighted by Gasteiger charge is 2.12. The second kappa shape index (κ2) is 6.15. The van der Waals surface area contributed by atoms with Gasteiger partial charge in [0.15, 0.2) is 11.4 Å². The molecular weight excluding hydrogens is 326 g/mol. The molecule has 3 heterocycles. The van der Waals surface area contributed by atoms with Crippen LogP contribution in [0.4, 0.5) is 5.82 Å². The number of anilines is 1. The number of imidazole rings is 1. The van der Waals surface area contributed by atoms with Crippen LogP contribution in [0.3, 0.4) is 0 Å². The summed E-state index contributed by atoms with van der Waals surface area (Å²) < 4.78 is 8.12. The van der Waals surface area contributed by atoms with Crippen molar-refractivity contribution in [3.63, 3.8) is 0 Å². The van der Waals surface area contributed by atoms with Gasteiger partial charge in [0.25, 0.3) is 0 Å². The summed E-state index contributed by atoms with van der Waals surface area (Å²) in [5.41, 5.74) is 4.57. The second-order valence-corrected chi connectivity index (χ2v) is 6.21. The van der Waals surface area contributed by atoms with Gasteiger partial charge in [-0.3, -0.25) is 0 Å². The third kappa shape index (κ3) is 2.47. The number of nitrogens with zero attached hydrogens (tertiary/aromatic N) is 4. The van der Waals surface area contributed by atoms with Crippen molar-refractivity contribution in [3.8, 4) is 0 Å². The van der Waals surface area contributed by atoms with Crippen LogP contribution in [0.15, 0.2) is 65.6 Å². The molecule has 128 valence electrons. The van der Waals surface area contributed by atoms with Gasteiger partial charge in [-0.25, -0.2) is 15.0 Å². The van der Waals surface area contributed by atoms with Gasteiger partial charge in [-0.05, 0) is 30.7 Å². The van der Waals surface area contributed by atoms with Crippen LogP contribution in [-0.2, 0) is 6.54 Å². The Kier molecular flexibility index (Phi) is 3.52.